The van der Waals surface area contributed by atoms with Crippen molar-refractivity contribution in [3.63, 3.8) is 0 Å². The third-order valence-electron chi connectivity index (χ3n) is 2.46. The molecule has 90 valence electrons. The van der Waals surface area contributed by atoms with Gasteiger partial charge < -0.3 is 0 Å². The van der Waals surface area contributed by atoms with Gasteiger partial charge in [-0.15, -0.1) is 23.9 Å². The van der Waals surface area contributed by atoms with E-state index in [2.05, 4.69) is 27.2 Å². The maximum atomic E-state index is 8.09. The fraction of sp³-hybridized carbons (Fsp3) is 0.636. The molecule has 0 amide bonds. The average molecular weight is 248 g/mol. The summed E-state index contributed by atoms with van der Waals surface area (Å²) in [5.41, 5.74) is 0. The number of rotatable bonds is 3. The predicted molar refractivity (Wildman–Crippen MR) is 72.7 cm³/mol. The molecule has 0 rings (SSSR count). The van der Waals surface area contributed by atoms with Gasteiger partial charge in [0.25, 0.3) is 0 Å². The molecule has 0 heterocycles. The molecule has 0 unspecified atom stereocenters. The fourth-order valence-electron chi connectivity index (χ4n) is 0.937. The van der Waals surface area contributed by atoms with Crippen LogP contribution in [0.25, 0.3) is 0 Å². The van der Waals surface area contributed by atoms with E-state index in [0.29, 0.717) is 0 Å². The molecule has 4 nitrogen and oxygen atoms in total. The largest absolute Gasteiger partial charge is 0.383 e. The third-order valence-corrected chi connectivity index (χ3v) is 5.83. The molecule has 0 spiro atoms. The minimum atomic E-state index is -2.72. The van der Waals surface area contributed by atoms with E-state index in [1.165, 1.54) is 42.6 Å². The van der Waals surface area contributed by atoms with Crippen molar-refractivity contribution < 1.29 is 0 Å². The van der Waals surface area contributed by atoms with Crippen LogP contribution < -0.4 is 0 Å². The molecule has 0 fully saturated rings. The summed E-state index contributed by atoms with van der Waals surface area (Å²) < 4.78 is 0. The summed E-state index contributed by atoms with van der Waals surface area (Å²) in [6.07, 6.45) is 1.54. The Morgan fingerprint density at radius 1 is 0.882 bits per heavy atom. The lowest BCUT2D eigenvalue weighted by molar-refractivity contribution is 1.08. The number of nitriles is 4. The highest BCUT2D eigenvalue weighted by Gasteiger charge is 2.22. The van der Waals surface area contributed by atoms with E-state index in [1.54, 1.807) is 0 Å². The van der Waals surface area contributed by atoms with E-state index in [9.17, 15) is 0 Å². The highest BCUT2D eigenvalue weighted by Crippen LogP contribution is 2.50. The second-order valence-corrected chi connectivity index (χ2v) is 9.31. The number of hydrogen-bond acceptors (Lipinski definition) is 4. The molecule has 0 aromatic rings. The number of hydrogen-bond donors (Lipinski definition) is 0. The minimum absolute atomic E-state index is 0.423. The van der Waals surface area contributed by atoms with Crippen LogP contribution in [0.15, 0.2) is 0 Å². The molecule has 0 aromatic carbocycles. The van der Waals surface area contributed by atoms with Crippen LogP contribution in [0.3, 0.4) is 0 Å². The molecule has 6 heteroatoms. The van der Waals surface area contributed by atoms with E-state index in [-0.39, 0.29) is 0 Å². The highest BCUT2D eigenvalue weighted by molar-refractivity contribution is 7.74. The van der Waals surface area contributed by atoms with Crippen molar-refractivity contribution >= 4 is 13.4 Å². The highest BCUT2D eigenvalue weighted by atomic mass is 31.2. The Bertz CT molecular complexity index is 330. The summed E-state index contributed by atoms with van der Waals surface area (Å²) in [5, 5.41) is 32.3. The first-order chi connectivity index (χ1) is 7.86. The van der Waals surface area contributed by atoms with Crippen molar-refractivity contribution in [3.05, 3.63) is 0 Å². The zero-order valence-electron chi connectivity index (χ0n) is 10.9. The van der Waals surface area contributed by atoms with Gasteiger partial charge in [-0.1, -0.05) is 6.92 Å². The van der Waals surface area contributed by atoms with Crippen LogP contribution in [0.5, 0.6) is 0 Å². The Kier molecular flexibility index (Phi) is 9.01. The van der Waals surface area contributed by atoms with Gasteiger partial charge in [-0.05, 0) is 13.3 Å². The van der Waals surface area contributed by atoms with Gasteiger partial charge in [0, 0.05) is 20.6 Å². The van der Waals surface area contributed by atoms with E-state index in [0.717, 1.165) is 0 Å². The minimum Gasteiger partial charge on any atom is -0.245 e. The van der Waals surface area contributed by atoms with E-state index < -0.39 is 13.4 Å². The van der Waals surface area contributed by atoms with Gasteiger partial charge >= 0.3 is 6.15 Å². The lowest BCUT2D eigenvalue weighted by Gasteiger charge is -2.13. The number of nitrogens with zero attached hydrogens (tertiary/aromatic N) is 4. The maximum absolute atomic E-state index is 8.09. The molecule has 17 heavy (non-hydrogen) atoms. The molecule has 0 aliphatic carbocycles. The van der Waals surface area contributed by atoms with Crippen LogP contribution in [0.4, 0.5) is 0 Å². The smallest absolute Gasteiger partial charge is 0.245 e. The van der Waals surface area contributed by atoms with Crippen LogP contribution in [-0.2, 0) is 0 Å². The Labute approximate surface area is 105 Å². The molecule has 0 aliphatic heterocycles. The third kappa shape index (κ3) is 7.36. The van der Waals surface area contributed by atoms with Crippen LogP contribution in [0.1, 0.15) is 20.3 Å². The molecule has 0 atom stereocenters. The van der Waals surface area contributed by atoms with Gasteiger partial charge in [-0.25, -0.2) is 21.0 Å². The molecular weight excluding hydrogens is 230 g/mol. The van der Waals surface area contributed by atoms with E-state index in [4.69, 9.17) is 21.0 Å². The molecule has 0 bridgehead atoms. The average Bonchev–Trinajstić information content (AvgIpc) is 2.34. The summed E-state index contributed by atoms with van der Waals surface area (Å²) in [7, 11) is -0.423. The summed E-state index contributed by atoms with van der Waals surface area (Å²) in [6, 6.07) is 0. The van der Waals surface area contributed by atoms with Gasteiger partial charge in [-0.2, -0.15) is 0 Å². The fourth-order valence-corrected chi connectivity index (χ4v) is 2.46. The zero-order chi connectivity index (χ0) is 13.9. The second-order valence-electron chi connectivity index (χ2n) is 4.36. The van der Waals surface area contributed by atoms with Crippen molar-refractivity contribution in [2.45, 2.75) is 20.3 Å². The maximum Gasteiger partial charge on any atom is 0.383 e. The normalized spacial score (nSPS) is 9.65. The van der Waals surface area contributed by atoms with Gasteiger partial charge in [0.05, 0.1) is 12.3 Å². The lowest BCUT2D eigenvalue weighted by Crippen LogP contribution is -2.26. The van der Waals surface area contributed by atoms with E-state index in [1.807, 2.05) is 0 Å². The van der Waals surface area contributed by atoms with Crippen LogP contribution in [0, 0.1) is 44.9 Å². The van der Waals surface area contributed by atoms with Crippen molar-refractivity contribution in [3.8, 4) is 23.9 Å². The standard InChI is InChI=1S/C7H18P.C4BN4/c1-5-7-8(3,4)6-2;6-1-5(2-7,3-8)4-9/h5-7H2,1-4H3;/q+1;-1. The molecule has 0 aromatic heterocycles. The van der Waals surface area contributed by atoms with Crippen molar-refractivity contribution in [1.82, 2.24) is 0 Å². The van der Waals surface area contributed by atoms with Crippen molar-refractivity contribution in [2.24, 2.45) is 0 Å². The Morgan fingerprint density at radius 3 is 1.29 bits per heavy atom. The molecule has 0 saturated heterocycles. The Morgan fingerprint density at radius 2 is 1.24 bits per heavy atom. The van der Waals surface area contributed by atoms with Crippen LogP contribution in [-0.4, -0.2) is 31.8 Å². The SMILES string of the molecule is CCC[P+](C)(C)CC.N#C[B-](C#N)(C#N)C#N. The zero-order valence-corrected chi connectivity index (χ0v) is 11.8. The Hall–Kier alpha value is -1.55. The predicted octanol–water partition coefficient (Wildman–Crippen LogP) is 2.38. The van der Waals surface area contributed by atoms with Crippen molar-refractivity contribution in [1.29, 1.82) is 21.0 Å². The molecular formula is C11H18BN4P. The molecule has 0 radical (unpaired) electrons. The Balaban J connectivity index is 0. The van der Waals surface area contributed by atoms with Crippen molar-refractivity contribution in [2.75, 3.05) is 25.7 Å². The molecule has 0 N–H and O–H groups in total. The first-order valence-corrected chi connectivity index (χ1v) is 8.54. The van der Waals surface area contributed by atoms with E-state index >= 15 is 0 Å². The van der Waals surface area contributed by atoms with Gasteiger partial charge in [0.2, 0.25) is 0 Å². The lowest BCUT2D eigenvalue weighted by atomic mass is 9.30. The summed E-state index contributed by atoms with van der Waals surface area (Å²) in [5.74, 6) is 5.38. The van der Waals surface area contributed by atoms with Crippen LogP contribution >= 0.6 is 7.26 Å². The topological polar surface area (TPSA) is 95.2 Å². The first-order valence-electron chi connectivity index (χ1n) is 5.49. The second kappa shape index (κ2) is 8.59. The molecule has 0 aliphatic rings. The summed E-state index contributed by atoms with van der Waals surface area (Å²) >= 11 is 0. The quantitative estimate of drug-likeness (QED) is 0.565. The first kappa shape index (κ1) is 17.8. The van der Waals surface area contributed by atoms with Gasteiger partial charge in [-0.3, -0.25) is 0 Å². The van der Waals surface area contributed by atoms with Gasteiger partial charge in [0.15, 0.2) is 0 Å². The van der Waals surface area contributed by atoms with Crippen LogP contribution in [0.2, 0.25) is 0 Å². The summed E-state index contributed by atoms with van der Waals surface area (Å²) in [4.78, 5) is 0. The summed E-state index contributed by atoms with van der Waals surface area (Å²) in [6.45, 7) is 9.47. The van der Waals surface area contributed by atoms with Gasteiger partial charge in [0.1, 0.15) is 0 Å². The molecule has 0 saturated carbocycles. The monoisotopic (exact) mass is 248 g/mol.